The predicted molar refractivity (Wildman–Crippen MR) is 130 cm³/mol. The summed E-state index contributed by atoms with van der Waals surface area (Å²) in [5, 5.41) is 13.3. The number of rotatable bonds is 8. The number of hydrogen-bond acceptors (Lipinski definition) is 5. The summed E-state index contributed by atoms with van der Waals surface area (Å²) in [6, 6.07) is 18.1. The van der Waals surface area contributed by atoms with Crippen LogP contribution in [0, 0.1) is 0 Å². The van der Waals surface area contributed by atoms with Gasteiger partial charge in [-0.1, -0.05) is 58.0 Å². The van der Waals surface area contributed by atoms with E-state index < -0.39 is 6.10 Å². The summed E-state index contributed by atoms with van der Waals surface area (Å²) in [5.74, 6) is -0.0143. The number of carbonyl (C=O) groups is 1. The van der Waals surface area contributed by atoms with E-state index in [1.165, 1.54) is 5.56 Å². The number of morpholine rings is 1. The van der Waals surface area contributed by atoms with Crippen LogP contribution in [0.25, 0.3) is 0 Å². The molecule has 1 fully saturated rings. The standard InChI is InChI=1S/C21H27N3O3.2C2H6/c1-22-13-20(25)15-23(14-17-5-3-2-4-6-17)18-7-9-19(10-8-18)24-11-12-27-16-21(24)26;2*1-2/h2-10,20,22,25H,11-16H2,1H3;2*1-2H3/t20-;;/m0../s1. The van der Waals surface area contributed by atoms with Gasteiger partial charge in [0.1, 0.15) is 6.61 Å². The van der Waals surface area contributed by atoms with Gasteiger partial charge in [0, 0.05) is 37.6 Å². The van der Waals surface area contributed by atoms with E-state index in [2.05, 4.69) is 22.3 Å². The van der Waals surface area contributed by atoms with E-state index >= 15 is 0 Å². The summed E-state index contributed by atoms with van der Waals surface area (Å²) in [4.78, 5) is 15.9. The lowest BCUT2D eigenvalue weighted by molar-refractivity contribution is -0.125. The number of nitrogens with one attached hydrogen (secondary N) is 1. The smallest absolute Gasteiger partial charge is 0.253 e. The van der Waals surface area contributed by atoms with Gasteiger partial charge in [-0.15, -0.1) is 0 Å². The fourth-order valence-electron chi connectivity index (χ4n) is 3.25. The molecule has 1 saturated heterocycles. The van der Waals surface area contributed by atoms with E-state index in [0.717, 1.165) is 11.4 Å². The van der Waals surface area contributed by atoms with E-state index in [1.807, 2.05) is 77.2 Å². The number of carbonyl (C=O) groups excluding carboxylic acids is 1. The molecule has 31 heavy (non-hydrogen) atoms. The van der Waals surface area contributed by atoms with Crippen LogP contribution in [0.15, 0.2) is 54.6 Å². The van der Waals surface area contributed by atoms with Gasteiger partial charge in [-0.05, 0) is 36.9 Å². The summed E-state index contributed by atoms with van der Waals surface area (Å²) in [5.41, 5.74) is 3.07. The number of likely N-dealkylation sites (N-methyl/N-ethyl adjacent to an activating group) is 1. The molecule has 1 amide bonds. The molecule has 1 aliphatic rings. The maximum atomic E-state index is 12.0. The van der Waals surface area contributed by atoms with Gasteiger partial charge in [0.05, 0.1) is 12.7 Å². The van der Waals surface area contributed by atoms with Crippen LogP contribution in [0.3, 0.4) is 0 Å². The molecule has 2 N–H and O–H groups in total. The fourth-order valence-corrected chi connectivity index (χ4v) is 3.25. The molecular weight excluding hydrogens is 390 g/mol. The lowest BCUT2D eigenvalue weighted by Crippen LogP contribution is -2.41. The number of anilines is 2. The van der Waals surface area contributed by atoms with Gasteiger partial charge in [-0.3, -0.25) is 4.79 Å². The molecule has 3 rings (SSSR count). The number of amides is 1. The Bertz CT molecular complexity index is 723. The van der Waals surface area contributed by atoms with Crippen LogP contribution in [0.2, 0.25) is 0 Å². The number of aliphatic hydroxyl groups excluding tert-OH is 1. The highest BCUT2D eigenvalue weighted by Crippen LogP contribution is 2.23. The highest BCUT2D eigenvalue weighted by molar-refractivity contribution is 5.95. The van der Waals surface area contributed by atoms with Crippen molar-refractivity contribution >= 4 is 17.3 Å². The first-order valence-corrected chi connectivity index (χ1v) is 11.3. The fraction of sp³-hybridized carbons (Fsp3) is 0.480. The first-order valence-electron chi connectivity index (χ1n) is 11.3. The number of hydrogen-bond donors (Lipinski definition) is 2. The highest BCUT2D eigenvalue weighted by Gasteiger charge is 2.20. The molecule has 1 atom stereocenters. The van der Waals surface area contributed by atoms with Crippen molar-refractivity contribution in [1.29, 1.82) is 0 Å². The minimum Gasteiger partial charge on any atom is -0.390 e. The van der Waals surface area contributed by atoms with Crippen molar-refractivity contribution in [2.45, 2.75) is 40.3 Å². The zero-order chi connectivity index (χ0) is 23.1. The van der Waals surface area contributed by atoms with Crippen LogP contribution in [0.1, 0.15) is 33.3 Å². The van der Waals surface area contributed by atoms with E-state index in [-0.39, 0.29) is 12.5 Å². The predicted octanol–water partition coefficient (Wildman–Crippen LogP) is 3.69. The molecule has 0 spiro atoms. The summed E-state index contributed by atoms with van der Waals surface area (Å²) in [7, 11) is 1.83. The third-order valence-electron chi connectivity index (χ3n) is 4.60. The lowest BCUT2D eigenvalue weighted by Gasteiger charge is -2.29. The SMILES string of the molecule is CC.CC.CNC[C@H](O)CN(Cc1ccccc1)c1ccc(N2CCOCC2=O)cc1. The zero-order valence-electron chi connectivity index (χ0n) is 19.7. The van der Waals surface area contributed by atoms with E-state index in [1.54, 1.807) is 4.90 Å². The van der Waals surface area contributed by atoms with Crippen molar-refractivity contribution in [2.24, 2.45) is 0 Å². The Morgan fingerprint density at radius 3 is 2.29 bits per heavy atom. The first kappa shape index (κ1) is 26.6. The number of aliphatic hydroxyl groups is 1. The quantitative estimate of drug-likeness (QED) is 0.670. The molecule has 172 valence electrons. The molecule has 1 heterocycles. The Hall–Kier alpha value is -2.41. The van der Waals surface area contributed by atoms with Crippen LogP contribution >= 0.6 is 0 Å². The van der Waals surface area contributed by atoms with Crippen molar-refractivity contribution < 1.29 is 14.6 Å². The Labute approximate surface area is 187 Å². The molecule has 0 aliphatic carbocycles. The third-order valence-corrected chi connectivity index (χ3v) is 4.60. The normalized spacial score (nSPS) is 14.0. The topological polar surface area (TPSA) is 65.0 Å². The van der Waals surface area contributed by atoms with Crippen molar-refractivity contribution in [2.75, 3.05) is 49.7 Å². The summed E-state index contributed by atoms with van der Waals surface area (Å²) >= 11 is 0. The Morgan fingerprint density at radius 1 is 1.06 bits per heavy atom. The van der Waals surface area contributed by atoms with Gasteiger partial charge < -0.3 is 25.0 Å². The van der Waals surface area contributed by atoms with E-state index in [9.17, 15) is 9.90 Å². The largest absolute Gasteiger partial charge is 0.390 e. The van der Waals surface area contributed by atoms with Crippen LogP contribution in [0.4, 0.5) is 11.4 Å². The Balaban J connectivity index is 0.00000113. The van der Waals surface area contributed by atoms with Gasteiger partial charge in [0.25, 0.3) is 5.91 Å². The summed E-state index contributed by atoms with van der Waals surface area (Å²) in [6.07, 6.45) is -0.473. The minimum absolute atomic E-state index is 0.0143. The molecule has 6 nitrogen and oxygen atoms in total. The molecule has 0 bridgehead atoms. The third kappa shape index (κ3) is 8.69. The van der Waals surface area contributed by atoms with Gasteiger partial charge in [-0.25, -0.2) is 0 Å². The molecule has 6 heteroatoms. The Kier molecular flexibility index (Phi) is 13.2. The molecule has 1 aliphatic heterocycles. The molecule has 2 aromatic rings. The van der Waals surface area contributed by atoms with Gasteiger partial charge in [0.2, 0.25) is 0 Å². The molecule has 0 aromatic heterocycles. The first-order chi connectivity index (χ1) is 15.2. The van der Waals surface area contributed by atoms with Crippen molar-refractivity contribution in [3.05, 3.63) is 60.2 Å². The number of ether oxygens (including phenoxy) is 1. The molecule has 0 unspecified atom stereocenters. The minimum atomic E-state index is -0.473. The maximum Gasteiger partial charge on any atom is 0.253 e. The second-order valence-electron chi connectivity index (χ2n) is 6.69. The van der Waals surface area contributed by atoms with Crippen molar-refractivity contribution in [1.82, 2.24) is 5.32 Å². The molecule has 2 aromatic carbocycles. The average Bonchev–Trinajstić information content (AvgIpc) is 2.83. The molecule has 0 saturated carbocycles. The number of nitrogens with zero attached hydrogens (tertiary/aromatic N) is 2. The monoisotopic (exact) mass is 429 g/mol. The second-order valence-corrected chi connectivity index (χ2v) is 6.69. The van der Waals surface area contributed by atoms with Crippen molar-refractivity contribution in [3.63, 3.8) is 0 Å². The van der Waals surface area contributed by atoms with Crippen LogP contribution in [0.5, 0.6) is 0 Å². The zero-order valence-corrected chi connectivity index (χ0v) is 19.7. The molecule has 0 radical (unpaired) electrons. The van der Waals surface area contributed by atoms with Crippen molar-refractivity contribution in [3.8, 4) is 0 Å². The van der Waals surface area contributed by atoms with Crippen LogP contribution in [-0.2, 0) is 16.1 Å². The number of benzene rings is 2. The second kappa shape index (κ2) is 15.4. The van der Waals surface area contributed by atoms with Crippen LogP contribution in [-0.4, -0.2) is 57.0 Å². The maximum absolute atomic E-state index is 12.0. The Morgan fingerprint density at radius 2 is 1.71 bits per heavy atom. The van der Waals surface area contributed by atoms with Gasteiger partial charge in [0.15, 0.2) is 0 Å². The molecular formula is C25H39N3O3. The lowest BCUT2D eigenvalue weighted by atomic mass is 10.1. The highest BCUT2D eigenvalue weighted by atomic mass is 16.5. The average molecular weight is 430 g/mol. The van der Waals surface area contributed by atoms with E-state index in [4.69, 9.17) is 4.74 Å². The van der Waals surface area contributed by atoms with Gasteiger partial charge >= 0.3 is 0 Å². The summed E-state index contributed by atoms with van der Waals surface area (Å²) in [6.45, 7) is 11.0. The van der Waals surface area contributed by atoms with Crippen LogP contribution < -0.4 is 15.1 Å². The summed E-state index contributed by atoms with van der Waals surface area (Å²) < 4.78 is 5.20. The van der Waals surface area contributed by atoms with Gasteiger partial charge in [-0.2, -0.15) is 0 Å². The van der Waals surface area contributed by atoms with E-state index in [0.29, 0.717) is 32.8 Å².